The third kappa shape index (κ3) is 3.91. The molecule has 24 heavy (non-hydrogen) atoms. The van der Waals surface area contributed by atoms with Crippen LogP contribution in [-0.4, -0.2) is 43.2 Å². The molecule has 1 amide bonds. The summed E-state index contributed by atoms with van der Waals surface area (Å²) in [5.74, 6) is -1.00. The first kappa shape index (κ1) is 17.3. The molecule has 132 valence electrons. The number of benzene rings is 1. The van der Waals surface area contributed by atoms with Crippen molar-refractivity contribution in [3.8, 4) is 0 Å². The van der Waals surface area contributed by atoms with Gasteiger partial charge in [-0.25, -0.2) is 0 Å². The topological polar surface area (TPSA) is 32.3 Å². The van der Waals surface area contributed by atoms with E-state index in [-0.39, 0.29) is 11.5 Å². The average Bonchev–Trinajstić information content (AvgIpc) is 2.90. The van der Waals surface area contributed by atoms with E-state index >= 15 is 0 Å². The van der Waals surface area contributed by atoms with Gasteiger partial charge in [-0.3, -0.25) is 4.79 Å². The molecule has 6 heteroatoms. The molecule has 0 saturated carbocycles. The highest BCUT2D eigenvalue weighted by atomic mass is 19.4. The van der Waals surface area contributed by atoms with Crippen LogP contribution in [0.15, 0.2) is 30.3 Å². The van der Waals surface area contributed by atoms with Crippen molar-refractivity contribution in [2.24, 2.45) is 11.8 Å². The normalized spacial score (nSPS) is 25.9. The molecule has 1 N–H and O–H groups in total. The number of amides is 1. The largest absolute Gasteiger partial charge is 0.396 e. The van der Waals surface area contributed by atoms with Crippen molar-refractivity contribution < 1.29 is 18.0 Å². The quantitative estimate of drug-likeness (QED) is 0.917. The van der Waals surface area contributed by atoms with Crippen molar-refractivity contribution >= 4 is 5.91 Å². The van der Waals surface area contributed by atoms with Crippen LogP contribution in [0.25, 0.3) is 0 Å². The number of carbonyl (C=O) groups excluding carboxylic acids is 1. The molecule has 3 rings (SSSR count). The van der Waals surface area contributed by atoms with Gasteiger partial charge in [0, 0.05) is 19.5 Å². The zero-order chi connectivity index (χ0) is 17.2. The van der Waals surface area contributed by atoms with Gasteiger partial charge in [0.05, 0.1) is 5.92 Å². The van der Waals surface area contributed by atoms with Crippen LogP contribution in [0.1, 0.15) is 30.7 Å². The lowest BCUT2D eigenvalue weighted by Crippen LogP contribution is -2.36. The number of hydrogen-bond acceptors (Lipinski definition) is 2. The molecular weight excluding hydrogens is 317 g/mol. The first-order valence-corrected chi connectivity index (χ1v) is 8.55. The number of alkyl halides is 3. The fraction of sp³-hybridized carbons (Fsp3) is 0.611. The maximum absolute atomic E-state index is 13.4. The second kappa shape index (κ2) is 7.13. The fourth-order valence-corrected chi connectivity index (χ4v) is 3.88. The van der Waals surface area contributed by atoms with E-state index in [2.05, 4.69) is 5.32 Å². The minimum atomic E-state index is -4.41. The summed E-state index contributed by atoms with van der Waals surface area (Å²) in [6, 6.07) is 7.74. The fourth-order valence-electron chi connectivity index (χ4n) is 3.88. The van der Waals surface area contributed by atoms with E-state index in [4.69, 9.17) is 0 Å². The molecule has 0 bridgehead atoms. The van der Waals surface area contributed by atoms with Crippen LogP contribution in [0, 0.1) is 11.8 Å². The number of rotatable bonds is 3. The molecule has 2 saturated heterocycles. The minimum absolute atomic E-state index is 0.161. The molecule has 0 spiro atoms. The van der Waals surface area contributed by atoms with E-state index in [1.807, 2.05) is 0 Å². The summed E-state index contributed by atoms with van der Waals surface area (Å²) in [6.07, 6.45) is -3.15. The third-order valence-corrected chi connectivity index (χ3v) is 5.35. The number of nitrogens with one attached hydrogen (secondary N) is 1. The van der Waals surface area contributed by atoms with Crippen molar-refractivity contribution in [3.63, 3.8) is 0 Å². The van der Waals surface area contributed by atoms with Crippen LogP contribution in [-0.2, 0) is 4.79 Å². The monoisotopic (exact) mass is 340 g/mol. The predicted octanol–water partition coefficient (Wildman–Crippen LogP) is 3.18. The van der Waals surface area contributed by atoms with E-state index in [0.29, 0.717) is 24.9 Å². The second-order valence-corrected chi connectivity index (χ2v) is 6.85. The van der Waals surface area contributed by atoms with Crippen molar-refractivity contribution in [1.82, 2.24) is 10.2 Å². The number of nitrogens with zero attached hydrogens (tertiary/aromatic N) is 1. The Bertz CT molecular complexity index is 547. The highest BCUT2D eigenvalue weighted by Crippen LogP contribution is 2.38. The zero-order valence-electron chi connectivity index (χ0n) is 13.6. The Hall–Kier alpha value is -1.56. The molecule has 0 aliphatic carbocycles. The maximum atomic E-state index is 13.4. The predicted molar refractivity (Wildman–Crippen MR) is 85.5 cm³/mol. The van der Waals surface area contributed by atoms with E-state index in [1.165, 1.54) is 12.1 Å². The van der Waals surface area contributed by atoms with Crippen LogP contribution in [0.3, 0.4) is 0 Å². The Morgan fingerprint density at radius 2 is 1.71 bits per heavy atom. The number of fused-ring (bicyclic) bond motifs is 1. The SMILES string of the molecule is O=C(CC(c1ccccc1)C(F)(F)F)N1CC[C@@H]2CNC[C@@H]2CC1. The van der Waals surface area contributed by atoms with Gasteiger partial charge in [-0.05, 0) is 43.3 Å². The number of halogens is 3. The Labute approximate surface area is 140 Å². The standard InChI is InChI=1S/C18H23F3N2O/c19-18(20,21)16(13-4-2-1-3-5-13)10-17(24)23-8-6-14-11-22-12-15(14)7-9-23/h1-5,14-16,22H,6-12H2/t14-,15+,16?. The molecule has 0 radical (unpaired) electrons. The van der Waals surface area contributed by atoms with Crippen molar-refractivity contribution in [1.29, 1.82) is 0 Å². The molecule has 2 fully saturated rings. The lowest BCUT2D eigenvalue weighted by atomic mass is 9.92. The molecule has 3 atom stereocenters. The molecule has 1 aromatic rings. The Kier molecular flexibility index (Phi) is 5.13. The van der Waals surface area contributed by atoms with Gasteiger partial charge in [0.25, 0.3) is 0 Å². The van der Waals surface area contributed by atoms with Gasteiger partial charge in [0.1, 0.15) is 0 Å². The zero-order valence-corrected chi connectivity index (χ0v) is 13.6. The lowest BCUT2D eigenvalue weighted by Gasteiger charge is -2.25. The molecule has 3 nitrogen and oxygen atoms in total. The van der Waals surface area contributed by atoms with Crippen LogP contribution < -0.4 is 5.32 Å². The van der Waals surface area contributed by atoms with Gasteiger partial charge in [-0.15, -0.1) is 0 Å². The van der Waals surface area contributed by atoms with Crippen molar-refractivity contribution in [3.05, 3.63) is 35.9 Å². The highest BCUT2D eigenvalue weighted by Gasteiger charge is 2.43. The summed E-state index contributed by atoms with van der Waals surface area (Å²) in [6.45, 7) is 3.06. The van der Waals surface area contributed by atoms with E-state index in [1.54, 1.807) is 23.1 Å². The van der Waals surface area contributed by atoms with Gasteiger partial charge in [-0.1, -0.05) is 30.3 Å². The molecular formula is C18H23F3N2O. The second-order valence-electron chi connectivity index (χ2n) is 6.85. The maximum Gasteiger partial charge on any atom is 0.396 e. The average molecular weight is 340 g/mol. The molecule has 2 aliphatic rings. The lowest BCUT2D eigenvalue weighted by molar-refractivity contribution is -0.160. The van der Waals surface area contributed by atoms with Crippen LogP contribution >= 0.6 is 0 Å². The molecule has 2 aliphatic heterocycles. The number of carbonyl (C=O) groups is 1. The smallest absolute Gasteiger partial charge is 0.343 e. The summed E-state index contributed by atoms with van der Waals surface area (Å²) in [7, 11) is 0. The van der Waals surface area contributed by atoms with Crippen molar-refractivity contribution in [2.45, 2.75) is 31.4 Å². The third-order valence-electron chi connectivity index (χ3n) is 5.35. The van der Waals surface area contributed by atoms with Crippen LogP contribution in [0.5, 0.6) is 0 Å². The summed E-state index contributed by atoms with van der Waals surface area (Å²) >= 11 is 0. The summed E-state index contributed by atoms with van der Waals surface area (Å²) in [5.41, 5.74) is 0.161. The molecule has 2 heterocycles. The van der Waals surface area contributed by atoms with Gasteiger partial charge in [-0.2, -0.15) is 13.2 Å². The molecule has 1 aromatic carbocycles. The van der Waals surface area contributed by atoms with E-state index in [0.717, 1.165) is 25.9 Å². The van der Waals surface area contributed by atoms with Gasteiger partial charge < -0.3 is 10.2 Å². The van der Waals surface area contributed by atoms with Gasteiger partial charge in [0.15, 0.2) is 0 Å². The Morgan fingerprint density at radius 1 is 1.12 bits per heavy atom. The van der Waals surface area contributed by atoms with Crippen LogP contribution in [0.4, 0.5) is 13.2 Å². The summed E-state index contributed by atoms with van der Waals surface area (Å²) < 4.78 is 40.3. The summed E-state index contributed by atoms with van der Waals surface area (Å²) in [5, 5.41) is 3.36. The van der Waals surface area contributed by atoms with Crippen molar-refractivity contribution in [2.75, 3.05) is 26.2 Å². The minimum Gasteiger partial charge on any atom is -0.343 e. The highest BCUT2D eigenvalue weighted by molar-refractivity contribution is 5.77. The first-order valence-electron chi connectivity index (χ1n) is 8.55. The number of hydrogen-bond donors (Lipinski definition) is 1. The van der Waals surface area contributed by atoms with E-state index < -0.39 is 18.5 Å². The Morgan fingerprint density at radius 3 is 2.25 bits per heavy atom. The van der Waals surface area contributed by atoms with Gasteiger partial charge >= 0.3 is 6.18 Å². The molecule has 1 unspecified atom stereocenters. The Balaban J connectivity index is 1.67. The summed E-state index contributed by atoms with van der Waals surface area (Å²) in [4.78, 5) is 14.2. The molecule has 0 aromatic heterocycles. The first-order chi connectivity index (χ1) is 11.4. The van der Waals surface area contributed by atoms with Gasteiger partial charge in [0.2, 0.25) is 5.91 Å². The van der Waals surface area contributed by atoms with E-state index in [9.17, 15) is 18.0 Å². The van der Waals surface area contributed by atoms with Crippen LogP contribution in [0.2, 0.25) is 0 Å². The number of likely N-dealkylation sites (tertiary alicyclic amines) is 1.